The first-order valence-corrected chi connectivity index (χ1v) is 14.3. The Kier molecular flexibility index (Phi) is 7.33. The van der Waals surface area contributed by atoms with Crippen LogP contribution in [0.3, 0.4) is 0 Å². The number of rotatable bonds is 10. The maximum absolute atomic E-state index is 13.7. The average molecular weight is 461 g/mol. The van der Waals surface area contributed by atoms with Crippen LogP contribution >= 0.6 is 0 Å². The first-order chi connectivity index (χ1) is 15.5. The molecule has 0 aromatic carbocycles. The van der Waals surface area contributed by atoms with E-state index in [4.69, 9.17) is 9.47 Å². The topological polar surface area (TPSA) is 35.5 Å². The number of carbonyl (C=O) groups excluding carboxylic acids is 1. The predicted octanol–water partition coefficient (Wildman–Crippen LogP) is 7.87. The van der Waals surface area contributed by atoms with Crippen molar-refractivity contribution in [2.75, 3.05) is 0 Å². The van der Waals surface area contributed by atoms with E-state index in [1.54, 1.807) is 0 Å². The van der Waals surface area contributed by atoms with Crippen LogP contribution < -0.4 is 0 Å². The van der Waals surface area contributed by atoms with Crippen molar-refractivity contribution in [3.8, 4) is 0 Å². The molecule has 4 fully saturated rings. The molecule has 4 rings (SSSR count). The number of ether oxygens (including phenoxy) is 2. The highest BCUT2D eigenvalue weighted by Gasteiger charge is 2.63. The molecule has 3 nitrogen and oxygen atoms in total. The highest BCUT2D eigenvalue weighted by molar-refractivity contribution is 5.76. The summed E-state index contributed by atoms with van der Waals surface area (Å²) in [4.78, 5) is 13.7. The van der Waals surface area contributed by atoms with Gasteiger partial charge in [-0.2, -0.15) is 0 Å². The molecule has 0 radical (unpaired) electrons. The van der Waals surface area contributed by atoms with E-state index in [9.17, 15) is 4.79 Å². The van der Waals surface area contributed by atoms with E-state index >= 15 is 0 Å². The van der Waals surface area contributed by atoms with E-state index < -0.39 is 11.7 Å². The fourth-order valence-electron chi connectivity index (χ4n) is 8.46. The molecular formula is C30H52O3. The Bertz CT molecular complexity index is 689. The smallest absolute Gasteiger partial charge is 0.314 e. The standard InChI is InChI=1S/C30H52O3/c1-9-19(10-2)16-30(8,18(3)4)28(31)33-25(17-29(5,6)7)32-24-15-22-14-23(24)27-21-12-11-20(13-21)26(22)27/h18-27H,9-17H2,1-8H3. The number of esters is 1. The Morgan fingerprint density at radius 2 is 1.52 bits per heavy atom. The van der Waals surface area contributed by atoms with Crippen LogP contribution in [0.15, 0.2) is 0 Å². The monoisotopic (exact) mass is 460 g/mol. The molecule has 0 spiro atoms. The molecule has 0 amide bonds. The Hall–Kier alpha value is -0.570. The quantitative estimate of drug-likeness (QED) is 0.189. The van der Waals surface area contributed by atoms with Crippen molar-refractivity contribution in [1.29, 1.82) is 0 Å². The van der Waals surface area contributed by atoms with E-state index in [0.29, 0.717) is 17.9 Å². The molecule has 190 valence electrons. The normalized spacial score (nSPS) is 37.6. The molecule has 0 N–H and O–H groups in total. The zero-order valence-electron chi connectivity index (χ0n) is 22.9. The summed E-state index contributed by atoms with van der Waals surface area (Å²) in [5.41, 5.74) is -0.401. The lowest BCUT2D eigenvalue weighted by Crippen LogP contribution is -2.43. The van der Waals surface area contributed by atoms with Crippen molar-refractivity contribution in [2.45, 2.75) is 126 Å². The van der Waals surface area contributed by atoms with Gasteiger partial charge in [-0.15, -0.1) is 0 Å². The third-order valence-corrected chi connectivity index (χ3v) is 10.6. The molecule has 0 heterocycles. The molecular weight excluding hydrogens is 408 g/mol. The van der Waals surface area contributed by atoms with Crippen LogP contribution in [0.4, 0.5) is 0 Å². The van der Waals surface area contributed by atoms with E-state index in [1.807, 2.05) is 0 Å². The summed E-state index contributed by atoms with van der Waals surface area (Å²) in [6, 6.07) is 0. The lowest BCUT2D eigenvalue weighted by Gasteiger charge is -2.41. The maximum atomic E-state index is 13.7. The molecule has 4 saturated carbocycles. The molecule has 0 aromatic rings. The number of carbonyl (C=O) groups is 1. The molecule has 4 aliphatic rings. The summed E-state index contributed by atoms with van der Waals surface area (Å²) in [7, 11) is 0. The Labute approximate surface area is 204 Å². The number of hydrogen-bond donors (Lipinski definition) is 0. The van der Waals surface area contributed by atoms with E-state index in [2.05, 4.69) is 55.4 Å². The van der Waals surface area contributed by atoms with E-state index in [0.717, 1.165) is 55.3 Å². The summed E-state index contributed by atoms with van der Waals surface area (Å²) in [6.07, 6.45) is 10.8. The average Bonchev–Trinajstić information content (AvgIpc) is 3.49. The fraction of sp³-hybridized carbons (Fsp3) is 0.967. The number of hydrogen-bond acceptors (Lipinski definition) is 3. The highest BCUT2D eigenvalue weighted by Crippen LogP contribution is 2.68. The molecule has 4 aliphatic carbocycles. The SMILES string of the molecule is CCC(CC)CC(C)(C(=O)OC(CC(C)(C)C)OC1CC2CC1C1C3CCC(C3)C21)C(C)C. The van der Waals surface area contributed by atoms with Gasteiger partial charge in [0.25, 0.3) is 0 Å². The van der Waals surface area contributed by atoms with Crippen LogP contribution in [-0.2, 0) is 14.3 Å². The van der Waals surface area contributed by atoms with Gasteiger partial charge in [0, 0.05) is 6.42 Å². The van der Waals surface area contributed by atoms with Crippen LogP contribution in [0.2, 0.25) is 0 Å². The van der Waals surface area contributed by atoms with Crippen molar-refractivity contribution in [3.05, 3.63) is 0 Å². The first-order valence-electron chi connectivity index (χ1n) is 14.3. The second-order valence-corrected chi connectivity index (χ2v) is 14.1. The molecule has 4 bridgehead atoms. The lowest BCUT2D eigenvalue weighted by atomic mass is 9.70. The van der Waals surface area contributed by atoms with Crippen LogP contribution in [0.1, 0.15) is 113 Å². The van der Waals surface area contributed by atoms with Crippen LogP contribution in [-0.4, -0.2) is 18.4 Å². The van der Waals surface area contributed by atoms with Gasteiger partial charge in [-0.05, 0) is 98.2 Å². The van der Waals surface area contributed by atoms with Gasteiger partial charge in [0.2, 0.25) is 6.29 Å². The van der Waals surface area contributed by atoms with E-state index in [-0.39, 0.29) is 17.3 Å². The second-order valence-electron chi connectivity index (χ2n) is 14.1. The summed E-state index contributed by atoms with van der Waals surface area (Å²) in [5, 5.41) is 0. The summed E-state index contributed by atoms with van der Waals surface area (Å²) in [5.74, 6) is 6.19. The van der Waals surface area contributed by atoms with E-state index in [1.165, 1.54) is 32.1 Å². The largest absolute Gasteiger partial charge is 0.435 e. The molecule has 0 saturated heterocycles. The molecule has 33 heavy (non-hydrogen) atoms. The van der Waals surface area contributed by atoms with Gasteiger partial charge in [0.1, 0.15) is 0 Å². The van der Waals surface area contributed by atoms with Crippen LogP contribution in [0.25, 0.3) is 0 Å². The molecule has 0 aromatic heterocycles. The third kappa shape index (κ3) is 4.91. The van der Waals surface area contributed by atoms with Gasteiger partial charge in [-0.3, -0.25) is 4.79 Å². The Morgan fingerprint density at radius 1 is 0.879 bits per heavy atom. The van der Waals surface area contributed by atoms with Crippen molar-refractivity contribution in [3.63, 3.8) is 0 Å². The van der Waals surface area contributed by atoms with Crippen molar-refractivity contribution in [1.82, 2.24) is 0 Å². The summed E-state index contributed by atoms with van der Waals surface area (Å²) in [6.45, 7) is 17.7. The summed E-state index contributed by atoms with van der Waals surface area (Å²) < 4.78 is 13.1. The Balaban J connectivity index is 1.46. The molecule has 0 aliphatic heterocycles. The van der Waals surface area contributed by atoms with Crippen molar-refractivity contribution in [2.24, 2.45) is 58.2 Å². The first kappa shape index (κ1) is 25.5. The molecule has 9 unspecified atom stereocenters. The van der Waals surface area contributed by atoms with Gasteiger partial charge in [-0.1, -0.05) is 61.3 Å². The van der Waals surface area contributed by atoms with Crippen LogP contribution in [0.5, 0.6) is 0 Å². The third-order valence-electron chi connectivity index (χ3n) is 10.6. The van der Waals surface area contributed by atoms with Crippen molar-refractivity contribution < 1.29 is 14.3 Å². The van der Waals surface area contributed by atoms with Gasteiger partial charge in [0.05, 0.1) is 11.5 Å². The summed E-state index contributed by atoms with van der Waals surface area (Å²) >= 11 is 0. The lowest BCUT2D eigenvalue weighted by molar-refractivity contribution is -0.217. The minimum Gasteiger partial charge on any atom is -0.435 e. The van der Waals surface area contributed by atoms with Gasteiger partial charge in [0.15, 0.2) is 0 Å². The van der Waals surface area contributed by atoms with Gasteiger partial charge >= 0.3 is 5.97 Å². The van der Waals surface area contributed by atoms with Crippen LogP contribution in [0, 0.1) is 58.2 Å². The fourth-order valence-corrected chi connectivity index (χ4v) is 8.46. The Morgan fingerprint density at radius 3 is 2.09 bits per heavy atom. The number of fused-ring (bicyclic) bond motifs is 9. The maximum Gasteiger partial charge on any atom is 0.314 e. The zero-order chi connectivity index (χ0) is 24.1. The highest BCUT2D eigenvalue weighted by atomic mass is 16.7. The zero-order valence-corrected chi connectivity index (χ0v) is 22.9. The van der Waals surface area contributed by atoms with Gasteiger partial charge in [-0.25, -0.2) is 0 Å². The molecule has 9 atom stereocenters. The predicted molar refractivity (Wildman–Crippen MR) is 134 cm³/mol. The second kappa shape index (κ2) is 9.47. The van der Waals surface area contributed by atoms with Gasteiger partial charge < -0.3 is 9.47 Å². The minimum absolute atomic E-state index is 0.0420. The van der Waals surface area contributed by atoms with Crippen molar-refractivity contribution >= 4 is 5.97 Å². The molecule has 3 heteroatoms. The minimum atomic E-state index is -0.458.